The first-order valence-corrected chi connectivity index (χ1v) is 6.14. The summed E-state index contributed by atoms with van der Waals surface area (Å²) in [6.45, 7) is 0.448. The highest BCUT2D eigenvalue weighted by Crippen LogP contribution is 2.43. The van der Waals surface area contributed by atoms with Crippen LogP contribution in [-0.4, -0.2) is 19.7 Å². The molecule has 94 valence electrons. The summed E-state index contributed by atoms with van der Waals surface area (Å²) in [5.41, 5.74) is 4.44. The van der Waals surface area contributed by atoms with E-state index in [-0.39, 0.29) is 0 Å². The Morgan fingerprint density at radius 3 is 2.84 bits per heavy atom. The topological polar surface area (TPSA) is 34.1 Å². The molecule has 0 aromatic heterocycles. The van der Waals surface area contributed by atoms with Gasteiger partial charge in [-0.05, 0) is 17.7 Å². The molecule has 0 amide bonds. The SMILES string of the molecule is COc1cccc2c1C1=NOCN1c1ccccc1-2. The Balaban J connectivity index is 2.09. The van der Waals surface area contributed by atoms with Crippen LogP contribution in [0.25, 0.3) is 11.1 Å². The van der Waals surface area contributed by atoms with Gasteiger partial charge in [-0.2, -0.15) is 0 Å². The van der Waals surface area contributed by atoms with Gasteiger partial charge in [0.2, 0.25) is 0 Å². The molecule has 0 bridgehead atoms. The maximum absolute atomic E-state index is 5.47. The molecule has 2 aliphatic rings. The van der Waals surface area contributed by atoms with Crippen LogP contribution in [0.15, 0.2) is 47.6 Å². The minimum Gasteiger partial charge on any atom is -0.496 e. The molecule has 0 unspecified atom stereocenters. The highest BCUT2D eigenvalue weighted by molar-refractivity contribution is 6.20. The van der Waals surface area contributed by atoms with Gasteiger partial charge in [0.05, 0.1) is 18.4 Å². The van der Waals surface area contributed by atoms with Crippen LogP contribution in [0.4, 0.5) is 5.69 Å². The molecule has 0 atom stereocenters. The normalized spacial score (nSPS) is 15.0. The average molecular weight is 252 g/mol. The Morgan fingerprint density at radius 2 is 1.95 bits per heavy atom. The molecule has 0 saturated heterocycles. The van der Waals surface area contributed by atoms with Crippen molar-refractivity contribution in [2.75, 3.05) is 18.7 Å². The largest absolute Gasteiger partial charge is 0.496 e. The lowest BCUT2D eigenvalue weighted by atomic mass is 9.92. The number of amidine groups is 1. The third-order valence-corrected chi connectivity index (χ3v) is 3.55. The lowest BCUT2D eigenvalue weighted by Gasteiger charge is -2.28. The van der Waals surface area contributed by atoms with Crippen molar-refractivity contribution in [1.29, 1.82) is 0 Å². The van der Waals surface area contributed by atoms with Crippen molar-refractivity contribution in [3.05, 3.63) is 48.0 Å². The average Bonchev–Trinajstić information content (AvgIpc) is 2.96. The second kappa shape index (κ2) is 3.75. The summed E-state index contributed by atoms with van der Waals surface area (Å²) in [6.07, 6.45) is 0. The molecular formula is C15H12N2O2. The molecule has 0 saturated carbocycles. The van der Waals surface area contributed by atoms with E-state index >= 15 is 0 Å². The van der Waals surface area contributed by atoms with Gasteiger partial charge < -0.3 is 9.57 Å². The number of ether oxygens (including phenoxy) is 1. The smallest absolute Gasteiger partial charge is 0.195 e. The van der Waals surface area contributed by atoms with E-state index in [0.717, 1.165) is 28.4 Å². The van der Waals surface area contributed by atoms with Gasteiger partial charge in [0, 0.05) is 5.56 Å². The van der Waals surface area contributed by atoms with Gasteiger partial charge in [0.15, 0.2) is 12.6 Å². The zero-order valence-electron chi connectivity index (χ0n) is 10.5. The van der Waals surface area contributed by atoms with E-state index in [9.17, 15) is 0 Å². The molecule has 2 aromatic carbocycles. The molecule has 2 aromatic rings. The zero-order valence-corrected chi connectivity index (χ0v) is 10.5. The first kappa shape index (κ1) is 10.4. The number of para-hydroxylation sites is 1. The Labute approximate surface area is 110 Å². The summed E-state index contributed by atoms with van der Waals surface area (Å²) in [5.74, 6) is 1.65. The molecule has 4 rings (SSSR count). The highest BCUT2D eigenvalue weighted by Gasteiger charge is 2.33. The monoisotopic (exact) mass is 252 g/mol. The van der Waals surface area contributed by atoms with E-state index in [1.807, 2.05) is 24.3 Å². The van der Waals surface area contributed by atoms with Crippen molar-refractivity contribution < 1.29 is 9.57 Å². The van der Waals surface area contributed by atoms with Gasteiger partial charge in [-0.15, -0.1) is 0 Å². The molecule has 0 aliphatic carbocycles. The van der Waals surface area contributed by atoms with Crippen molar-refractivity contribution in [1.82, 2.24) is 0 Å². The van der Waals surface area contributed by atoms with E-state index in [4.69, 9.17) is 9.57 Å². The number of fused-ring (bicyclic) bond motifs is 6. The fourth-order valence-corrected chi connectivity index (χ4v) is 2.72. The molecule has 0 N–H and O–H groups in total. The number of oxime groups is 1. The second-order valence-corrected chi connectivity index (χ2v) is 4.50. The van der Waals surface area contributed by atoms with Crippen LogP contribution in [0.3, 0.4) is 0 Å². The quantitative estimate of drug-likeness (QED) is 0.782. The molecule has 0 radical (unpaired) electrons. The molecule has 0 spiro atoms. The molecule has 19 heavy (non-hydrogen) atoms. The lowest BCUT2D eigenvalue weighted by molar-refractivity contribution is 0.174. The third-order valence-electron chi connectivity index (χ3n) is 3.55. The van der Waals surface area contributed by atoms with Crippen molar-refractivity contribution in [3.63, 3.8) is 0 Å². The minimum absolute atomic E-state index is 0.448. The van der Waals surface area contributed by atoms with Gasteiger partial charge in [-0.25, -0.2) is 0 Å². The molecule has 2 aliphatic heterocycles. The Bertz CT molecular complexity index is 694. The molecule has 4 heteroatoms. The van der Waals surface area contributed by atoms with Crippen molar-refractivity contribution in [2.24, 2.45) is 5.16 Å². The van der Waals surface area contributed by atoms with Gasteiger partial charge in [0.25, 0.3) is 0 Å². The van der Waals surface area contributed by atoms with Crippen LogP contribution >= 0.6 is 0 Å². The Morgan fingerprint density at radius 1 is 1.11 bits per heavy atom. The van der Waals surface area contributed by atoms with Crippen molar-refractivity contribution >= 4 is 11.5 Å². The third kappa shape index (κ3) is 1.31. The van der Waals surface area contributed by atoms with E-state index in [1.165, 1.54) is 5.56 Å². The fourth-order valence-electron chi connectivity index (χ4n) is 2.72. The number of anilines is 1. The summed E-state index contributed by atoms with van der Waals surface area (Å²) < 4.78 is 5.47. The second-order valence-electron chi connectivity index (χ2n) is 4.50. The maximum Gasteiger partial charge on any atom is 0.195 e. The van der Waals surface area contributed by atoms with Crippen LogP contribution in [0, 0.1) is 0 Å². The van der Waals surface area contributed by atoms with Crippen LogP contribution < -0.4 is 9.64 Å². The van der Waals surface area contributed by atoms with Crippen LogP contribution in [0.5, 0.6) is 5.75 Å². The zero-order chi connectivity index (χ0) is 12.8. The summed E-state index contributed by atoms with van der Waals surface area (Å²) in [4.78, 5) is 7.33. The molecule has 0 fully saturated rings. The number of rotatable bonds is 1. The summed E-state index contributed by atoms with van der Waals surface area (Å²) >= 11 is 0. The van der Waals surface area contributed by atoms with Crippen molar-refractivity contribution in [2.45, 2.75) is 0 Å². The Hall–Kier alpha value is -2.49. The molecular weight excluding hydrogens is 240 g/mol. The van der Waals surface area contributed by atoms with Gasteiger partial charge >= 0.3 is 0 Å². The van der Waals surface area contributed by atoms with Crippen LogP contribution in [-0.2, 0) is 4.84 Å². The minimum atomic E-state index is 0.448. The first-order valence-electron chi connectivity index (χ1n) is 6.14. The molecule has 2 heterocycles. The summed E-state index contributed by atoms with van der Waals surface area (Å²) in [6, 6.07) is 14.3. The summed E-state index contributed by atoms with van der Waals surface area (Å²) in [5, 5.41) is 4.17. The maximum atomic E-state index is 5.47. The number of methoxy groups -OCH3 is 1. The molecule has 4 nitrogen and oxygen atoms in total. The van der Waals surface area contributed by atoms with Crippen molar-refractivity contribution in [3.8, 4) is 16.9 Å². The number of benzene rings is 2. The summed E-state index contributed by atoms with van der Waals surface area (Å²) in [7, 11) is 1.68. The first-order chi connectivity index (χ1) is 9.40. The number of hydrogen-bond donors (Lipinski definition) is 0. The van der Waals surface area contributed by atoms with E-state index in [2.05, 4.69) is 28.3 Å². The standard InChI is InChI=1S/C15H12N2O2/c1-18-13-8-4-6-11-10-5-2-3-7-12(10)17-9-19-16-15(17)14(11)13/h2-8H,9H2,1H3. The van der Waals surface area contributed by atoms with Gasteiger partial charge in [-0.1, -0.05) is 35.5 Å². The van der Waals surface area contributed by atoms with E-state index < -0.39 is 0 Å². The van der Waals surface area contributed by atoms with Gasteiger partial charge in [0.1, 0.15) is 5.75 Å². The Kier molecular flexibility index (Phi) is 2.06. The predicted octanol–water partition coefficient (Wildman–Crippen LogP) is 2.83. The van der Waals surface area contributed by atoms with E-state index in [1.54, 1.807) is 7.11 Å². The number of hydrogen-bond acceptors (Lipinski definition) is 4. The number of nitrogens with zero attached hydrogens (tertiary/aromatic N) is 2. The predicted molar refractivity (Wildman–Crippen MR) is 73.4 cm³/mol. The van der Waals surface area contributed by atoms with Gasteiger partial charge in [-0.3, -0.25) is 4.90 Å². The lowest BCUT2D eigenvalue weighted by Crippen LogP contribution is -2.32. The highest BCUT2D eigenvalue weighted by atomic mass is 16.7. The van der Waals surface area contributed by atoms with Crippen LogP contribution in [0.2, 0.25) is 0 Å². The fraction of sp³-hybridized carbons (Fsp3) is 0.133. The van der Waals surface area contributed by atoms with E-state index in [0.29, 0.717) is 6.73 Å². The van der Waals surface area contributed by atoms with Crippen LogP contribution in [0.1, 0.15) is 5.56 Å².